The molecule has 130 valence electrons. The first-order valence-electron chi connectivity index (χ1n) is 8.15. The molecule has 0 bridgehead atoms. The van der Waals surface area contributed by atoms with E-state index in [1.165, 1.54) is 0 Å². The Bertz CT molecular complexity index is 966. The minimum Gasteiger partial charge on any atom is -0.467 e. The van der Waals surface area contributed by atoms with Crippen LogP contribution >= 0.6 is 11.6 Å². The third kappa shape index (κ3) is 3.40. The number of nitrogens with zero attached hydrogens (tertiary/aromatic N) is 2. The number of amidine groups is 1. The van der Waals surface area contributed by atoms with Crippen molar-refractivity contribution in [1.29, 1.82) is 0 Å². The number of aliphatic hydroxyl groups excluding tert-OH is 1. The van der Waals surface area contributed by atoms with E-state index < -0.39 is 6.23 Å². The summed E-state index contributed by atoms with van der Waals surface area (Å²) in [7, 11) is 0. The van der Waals surface area contributed by atoms with E-state index in [1.807, 2.05) is 48.5 Å². The second-order valence-electron chi connectivity index (χ2n) is 5.81. The molecule has 0 saturated heterocycles. The number of hydrogen-bond donors (Lipinski definition) is 2. The van der Waals surface area contributed by atoms with Crippen LogP contribution in [0, 0.1) is 0 Å². The normalized spacial score (nSPS) is 18.0. The largest absolute Gasteiger partial charge is 0.467 e. The fourth-order valence-electron chi connectivity index (χ4n) is 2.79. The average molecular weight is 366 g/mol. The van der Waals surface area contributed by atoms with E-state index in [4.69, 9.17) is 16.0 Å². The molecule has 1 aliphatic rings. The van der Waals surface area contributed by atoms with Gasteiger partial charge in [0.1, 0.15) is 5.76 Å². The van der Waals surface area contributed by atoms with Crippen molar-refractivity contribution in [2.24, 2.45) is 9.98 Å². The van der Waals surface area contributed by atoms with E-state index in [2.05, 4.69) is 15.3 Å². The minimum atomic E-state index is -1.12. The molecule has 1 unspecified atom stereocenters. The summed E-state index contributed by atoms with van der Waals surface area (Å²) < 4.78 is 5.30. The van der Waals surface area contributed by atoms with E-state index in [-0.39, 0.29) is 0 Å². The molecule has 26 heavy (non-hydrogen) atoms. The van der Waals surface area contributed by atoms with Crippen LogP contribution in [0.4, 0.5) is 5.69 Å². The van der Waals surface area contributed by atoms with E-state index >= 15 is 0 Å². The second-order valence-corrected chi connectivity index (χ2v) is 6.25. The Kier molecular flexibility index (Phi) is 4.56. The molecule has 3 aromatic rings. The number of halogens is 1. The lowest BCUT2D eigenvalue weighted by Gasteiger charge is -2.11. The van der Waals surface area contributed by atoms with Crippen molar-refractivity contribution < 1.29 is 9.52 Å². The van der Waals surface area contributed by atoms with E-state index in [9.17, 15) is 5.11 Å². The monoisotopic (exact) mass is 365 g/mol. The second kappa shape index (κ2) is 7.15. The van der Waals surface area contributed by atoms with Crippen LogP contribution in [0.1, 0.15) is 16.9 Å². The number of benzodiazepines with no additional fused rings is 1. The van der Waals surface area contributed by atoms with E-state index in [0.29, 0.717) is 28.9 Å². The lowest BCUT2D eigenvalue weighted by atomic mass is 10.0. The number of hydrogen-bond acceptors (Lipinski definition) is 4. The summed E-state index contributed by atoms with van der Waals surface area (Å²) in [6.07, 6.45) is 0.474. The van der Waals surface area contributed by atoms with Gasteiger partial charge in [-0.25, -0.2) is 4.99 Å². The van der Waals surface area contributed by atoms with Crippen LogP contribution in [0.2, 0.25) is 5.02 Å². The lowest BCUT2D eigenvalue weighted by Crippen LogP contribution is -2.25. The fourth-order valence-corrected chi connectivity index (χ4v) is 2.96. The summed E-state index contributed by atoms with van der Waals surface area (Å²) in [6, 6.07) is 18.8. The molecule has 2 N–H and O–H groups in total. The van der Waals surface area contributed by atoms with Gasteiger partial charge in [-0.3, -0.25) is 4.99 Å². The zero-order chi connectivity index (χ0) is 17.9. The lowest BCUT2D eigenvalue weighted by molar-refractivity contribution is 0.252. The van der Waals surface area contributed by atoms with Gasteiger partial charge in [-0.2, -0.15) is 0 Å². The Hall–Kier alpha value is -2.89. The molecule has 0 saturated carbocycles. The van der Waals surface area contributed by atoms with Crippen LogP contribution < -0.4 is 5.32 Å². The maximum absolute atomic E-state index is 10.6. The molecule has 5 nitrogen and oxygen atoms in total. The van der Waals surface area contributed by atoms with Gasteiger partial charge < -0.3 is 14.8 Å². The van der Waals surface area contributed by atoms with Crippen LogP contribution in [-0.4, -0.2) is 22.9 Å². The van der Waals surface area contributed by atoms with Crippen LogP contribution in [0.3, 0.4) is 0 Å². The van der Waals surface area contributed by atoms with Crippen molar-refractivity contribution in [2.75, 3.05) is 5.32 Å². The molecular weight excluding hydrogens is 350 g/mol. The smallest absolute Gasteiger partial charge is 0.204 e. The maximum atomic E-state index is 10.6. The molecule has 0 radical (unpaired) electrons. The third-order valence-corrected chi connectivity index (χ3v) is 4.26. The van der Waals surface area contributed by atoms with Gasteiger partial charge >= 0.3 is 0 Å². The zero-order valence-corrected chi connectivity index (χ0v) is 14.5. The number of fused-ring (bicyclic) bond motifs is 1. The standard InChI is InChI=1S/C20H16ClN3O2/c21-14-8-9-17-16(11-14)18(13-5-2-1-3-6-13)24-20(25)19(23-17)22-12-15-7-4-10-26-15/h1-11,20,25H,12H2,(H,22,23). The van der Waals surface area contributed by atoms with Gasteiger partial charge in [-0.05, 0) is 30.3 Å². The summed E-state index contributed by atoms with van der Waals surface area (Å²) in [5, 5.41) is 14.4. The summed E-state index contributed by atoms with van der Waals surface area (Å²) >= 11 is 6.20. The maximum Gasteiger partial charge on any atom is 0.204 e. The van der Waals surface area contributed by atoms with Crippen molar-refractivity contribution in [3.8, 4) is 0 Å². The highest BCUT2D eigenvalue weighted by atomic mass is 35.5. The topological polar surface area (TPSA) is 70.1 Å². The number of benzene rings is 2. The zero-order valence-electron chi connectivity index (χ0n) is 13.8. The first-order chi connectivity index (χ1) is 12.7. The first kappa shape index (κ1) is 16.6. The average Bonchev–Trinajstić information content (AvgIpc) is 3.14. The number of furan rings is 1. The molecule has 2 heterocycles. The number of nitrogens with one attached hydrogen (secondary N) is 1. The number of aliphatic imine (C=N–C) groups is 2. The van der Waals surface area contributed by atoms with Gasteiger partial charge in [0.05, 0.1) is 18.5 Å². The third-order valence-electron chi connectivity index (χ3n) is 4.03. The predicted octanol–water partition coefficient (Wildman–Crippen LogP) is 4.11. The van der Waals surface area contributed by atoms with Crippen molar-refractivity contribution in [1.82, 2.24) is 0 Å². The summed E-state index contributed by atoms with van der Waals surface area (Å²) in [5.74, 6) is 1.07. The van der Waals surface area contributed by atoms with Crippen molar-refractivity contribution in [2.45, 2.75) is 12.8 Å². The van der Waals surface area contributed by atoms with Crippen LogP contribution in [-0.2, 0) is 6.54 Å². The van der Waals surface area contributed by atoms with Gasteiger partial charge in [0.25, 0.3) is 0 Å². The Morgan fingerprint density at radius 2 is 1.96 bits per heavy atom. The number of rotatable bonds is 3. The van der Waals surface area contributed by atoms with Gasteiger partial charge in [-0.1, -0.05) is 41.9 Å². The number of aliphatic hydroxyl groups is 1. The molecule has 1 aromatic heterocycles. The molecule has 1 aliphatic heterocycles. The molecule has 6 heteroatoms. The molecule has 1 atom stereocenters. The Morgan fingerprint density at radius 3 is 2.73 bits per heavy atom. The molecule has 2 aromatic carbocycles. The quantitative estimate of drug-likeness (QED) is 0.733. The molecule has 0 aliphatic carbocycles. The van der Waals surface area contributed by atoms with Crippen molar-refractivity contribution >= 4 is 28.8 Å². The highest BCUT2D eigenvalue weighted by molar-refractivity contribution is 6.32. The Labute approximate surface area is 155 Å². The summed E-state index contributed by atoms with van der Waals surface area (Å²) in [4.78, 5) is 8.94. The highest BCUT2D eigenvalue weighted by Crippen LogP contribution is 2.27. The molecule has 0 spiro atoms. The van der Waals surface area contributed by atoms with E-state index in [1.54, 1.807) is 18.4 Å². The van der Waals surface area contributed by atoms with Crippen molar-refractivity contribution in [3.63, 3.8) is 0 Å². The molecular formula is C20H16ClN3O2. The first-order valence-corrected chi connectivity index (χ1v) is 8.53. The van der Waals surface area contributed by atoms with Crippen LogP contribution in [0.25, 0.3) is 0 Å². The summed E-state index contributed by atoms with van der Waals surface area (Å²) in [6.45, 7) is 0.311. The predicted molar refractivity (Wildman–Crippen MR) is 103 cm³/mol. The SMILES string of the molecule is OC1N=C(c2ccccc2)c2cc(Cl)ccc2NC1=NCc1ccco1. The minimum absolute atomic E-state index is 0.311. The Morgan fingerprint density at radius 1 is 1.12 bits per heavy atom. The molecule has 0 fully saturated rings. The van der Waals surface area contributed by atoms with Gasteiger partial charge in [0, 0.05) is 21.8 Å². The van der Waals surface area contributed by atoms with Crippen molar-refractivity contribution in [3.05, 3.63) is 88.8 Å². The van der Waals surface area contributed by atoms with Crippen LogP contribution in [0.15, 0.2) is 81.3 Å². The highest BCUT2D eigenvalue weighted by Gasteiger charge is 2.23. The van der Waals surface area contributed by atoms with Crippen LogP contribution in [0.5, 0.6) is 0 Å². The molecule has 4 rings (SSSR count). The van der Waals surface area contributed by atoms with Gasteiger partial charge in [-0.15, -0.1) is 0 Å². The fraction of sp³-hybridized carbons (Fsp3) is 0.100. The number of anilines is 1. The van der Waals surface area contributed by atoms with Gasteiger partial charge in [0.15, 0.2) is 5.84 Å². The summed E-state index contributed by atoms with van der Waals surface area (Å²) in [5.41, 5.74) is 3.15. The Balaban J connectivity index is 1.79. The van der Waals surface area contributed by atoms with E-state index in [0.717, 1.165) is 16.8 Å². The molecule has 0 amide bonds. The van der Waals surface area contributed by atoms with Gasteiger partial charge in [0.2, 0.25) is 6.23 Å².